The summed E-state index contributed by atoms with van der Waals surface area (Å²) in [6.07, 6.45) is -4.68. The molecule has 8 heteroatoms. The summed E-state index contributed by atoms with van der Waals surface area (Å²) in [7, 11) is 0. The second-order valence-corrected chi connectivity index (χ2v) is 6.82. The monoisotopic (exact) mass is 419 g/mol. The number of carbonyl (C=O) groups is 2. The molecule has 0 fully saturated rings. The van der Waals surface area contributed by atoms with E-state index < -0.39 is 29.2 Å². The molecule has 0 spiro atoms. The van der Waals surface area contributed by atoms with E-state index in [1.54, 1.807) is 36.6 Å². The summed E-state index contributed by atoms with van der Waals surface area (Å²) in [4.78, 5) is 25.1. The van der Waals surface area contributed by atoms with Crippen LogP contribution in [0.4, 0.5) is 18.2 Å². The van der Waals surface area contributed by atoms with Crippen LogP contribution in [0, 0.1) is 0 Å². The fraction of sp³-hybridized carbons (Fsp3) is 0.143. The van der Waals surface area contributed by atoms with Crippen LogP contribution in [0.3, 0.4) is 0 Å². The maximum absolute atomic E-state index is 13.2. The van der Waals surface area contributed by atoms with Gasteiger partial charge in [0.1, 0.15) is 10.6 Å². The van der Waals surface area contributed by atoms with Gasteiger partial charge in [-0.05, 0) is 24.6 Å². The number of hydrogen-bond donors (Lipinski definition) is 1. The molecule has 3 rings (SSSR count). The Balaban J connectivity index is 2.01. The molecule has 0 aliphatic rings. The Bertz CT molecular complexity index is 1030. The van der Waals surface area contributed by atoms with Crippen LogP contribution in [0.2, 0.25) is 0 Å². The van der Waals surface area contributed by atoms with Crippen LogP contribution in [-0.4, -0.2) is 18.5 Å². The van der Waals surface area contributed by atoms with Crippen molar-refractivity contribution < 1.29 is 27.5 Å². The maximum atomic E-state index is 13.2. The Morgan fingerprint density at radius 3 is 2.34 bits per heavy atom. The van der Waals surface area contributed by atoms with Gasteiger partial charge in [-0.15, -0.1) is 11.3 Å². The van der Waals surface area contributed by atoms with E-state index in [9.17, 15) is 22.8 Å². The van der Waals surface area contributed by atoms with E-state index in [4.69, 9.17) is 4.74 Å². The second-order valence-electron chi connectivity index (χ2n) is 5.94. The Morgan fingerprint density at radius 1 is 1.03 bits per heavy atom. The summed E-state index contributed by atoms with van der Waals surface area (Å²) < 4.78 is 44.8. The lowest BCUT2D eigenvalue weighted by Gasteiger charge is -2.13. The van der Waals surface area contributed by atoms with Gasteiger partial charge in [-0.25, -0.2) is 4.79 Å². The predicted octanol–water partition coefficient (Wildman–Crippen LogP) is 5.86. The number of benzene rings is 2. The summed E-state index contributed by atoms with van der Waals surface area (Å²) in [5, 5.41) is 4.24. The van der Waals surface area contributed by atoms with Crippen LogP contribution in [-0.2, 0) is 10.9 Å². The lowest BCUT2D eigenvalue weighted by atomic mass is 10.0. The quantitative estimate of drug-likeness (QED) is 0.527. The summed E-state index contributed by atoms with van der Waals surface area (Å²) in [5.41, 5.74) is -0.197. The van der Waals surface area contributed by atoms with Crippen LogP contribution in [0.5, 0.6) is 0 Å². The molecule has 0 radical (unpaired) electrons. The Kier molecular flexibility index (Phi) is 6.03. The van der Waals surface area contributed by atoms with Crippen LogP contribution in [0.1, 0.15) is 33.2 Å². The molecule has 1 heterocycles. The zero-order valence-electron chi connectivity index (χ0n) is 15.2. The first kappa shape index (κ1) is 20.6. The first-order valence-electron chi connectivity index (χ1n) is 8.64. The summed E-state index contributed by atoms with van der Waals surface area (Å²) in [5.74, 6) is -1.61. The molecule has 0 saturated carbocycles. The standard InChI is InChI=1S/C21H16F3NO3S/c1-2-28-20(27)17-15(13-8-4-3-5-9-13)12-29-19(17)25-18(26)14-10-6-7-11-16(14)21(22,23)24/h3-12H,2H2,1H3,(H,25,26). The molecule has 0 bridgehead atoms. The number of esters is 1. The molecule has 1 N–H and O–H groups in total. The Labute approximate surface area is 168 Å². The molecule has 2 aromatic carbocycles. The van der Waals surface area contributed by atoms with E-state index in [1.807, 2.05) is 6.07 Å². The lowest BCUT2D eigenvalue weighted by Crippen LogP contribution is -2.19. The van der Waals surface area contributed by atoms with Crippen molar-refractivity contribution in [2.75, 3.05) is 11.9 Å². The average Bonchev–Trinajstić information content (AvgIpc) is 3.12. The molecule has 0 aliphatic carbocycles. The van der Waals surface area contributed by atoms with Crippen molar-refractivity contribution in [1.82, 2.24) is 0 Å². The van der Waals surface area contributed by atoms with Crippen molar-refractivity contribution in [2.24, 2.45) is 0 Å². The second kappa shape index (κ2) is 8.48. The zero-order chi connectivity index (χ0) is 21.0. The molecule has 0 atom stereocenters. The molecule has 0 unspecified atom stereocenters. The number of halogens is 3. The molecule has 1 aromatic heterocycles. The fourth-order valence-corrected chi connectivity index (χ4v) is 3.74. The highest BCUT2D eigenvalue weighted by atomic mass is 32.1. The maximum Gasteiger partial charge on any atom is 0.417 e. The summed E-state index contributed by atoms with van der Waals surface area (Å²) in [6.45, 7) is 1.76. The number of nitrogens with one attached hydrogen (secondary N) is 1. The van der Waals surface area contributed by atoms with Gasteiger partial charge in [0.2, 0.25) is 0 Å². The highest BCUT2D eigenvalue weighted by Crippen LogP contribution is 2.37. The van der Waals surface area contributed by atoms with Gasteiger partial charge in [0.05, 0.1) is 17.7 Å². The van der Waals surface area contributed by atoms with Crippen molar-refractivity contribution in [3.8, 4) is 11.1 Å². The summed E-state index contributed by atoms with van der Waals surface area (Å²) in [6, 6.07) is 13.5. The van der Waals surface area contributed by atoms with Gasteiger partial charge in [0.15, 0.2) is 0 Å². The SMILES string of the molecule is CCOC(=O)c1c(-c2ccccc2)csc1NC(=O)c1ccccc1C(F)(F)F. The normalized spacial score (nSPS) is 11.2. The van der Waals surface area contributed by atoms with Crippen molar-refractivity contribution in [3.05, 3.63) is 76.7 Å². The molecular weight excluding hydrogens is 403 g/mol. The number of alkyl halides is 3. The van der Waals surface area contributed by atoms with Crippen molar-refractivity contribution >= 4 is 28.2 Å². The van der Waals surface area contributed by atoms with E-state index in [1.165, 1.54) is 12.1 Å². The number of amides is 1. The smallest absolute Gasteiger partial charge is 0.417 e. The molecule has 29 heavy (non-hydrogen) atoms. The summed E-state index contributed by atoms with van der Waals surface area (Å²) >= 11 is 1.05. The third kappa shape index (κ3) is 4.48. The van der Waals surface area contributed by atoms with Gasteiger partial charge in [-0.3, -0.25) is 4.79 Å². The van der Waals surface area contributed by atoms with E-state index in [0.29, 0.717) is 5.56 Å². The largest absolute Gasteiger partial charge is 0.462 e. The van der Waals surface area contributed by atoms with Crippen LogP contribution in [0.15, 0.2) is 60.0 Å². The number of thiophene rings is 1. The average molecular weight is 419 g/mol. The fourth-order valence-electron chi connectivity index (χ4n) is 2.78. The molecule has 150 valence electrons. The topological polar surface area (TPSA) is 55.4 Å². The highest BCUT2D eigenvalue weighted by Gasteiger charge is 2.35. The molecule has 0 aliphatic heterocycles. The molecule has 1 amide bonds. The van der Waals surface area contributed by atoms with Crippen molar-refractivity contribution in [1.29, 1.82) is 0 Å². The third-order valence-corrected chi connectivity index (χ3v) is 4.95. The lowest BCUT2D eigenvalue weighted by molar-refractivity contribution is -0.137. The minimum absolute atomic E-state index is 0.112. The van der Waals surface area contributed by atoms with E-state index in [0.717, 1.165) is 29.0 Å². The van der Waals surface area contributed by atoms with Crippen LogP contribution in [0.25, 0.3) is 11.1 Å². The number of carbonyl (C=O) groups excluding carboxylic acids is 2. The minimum Gasteiger partial charge on any atom is -0.462 e. The molecule has 3 aromatic rings. The van der Waals surface area contributed by atoms with E-state index >= 15 is 0 Å². The van der Waals surface area contributed by atoms with Gasteiger partial charge in [0.25, 0.3) is 5.91 Å². The van der Waals surface area contributed by atoms with E-state index in [-0.39, 0.29) is 17.2 Å². The first-order valence-corrected chi connectivity index (χ1v) is 9.52. The van der Waals surface area contributed by atoms with Crippen molar-refractivity contribution in [3.63, 3.8) is 0 Å². The Hall–Kier alpha value is -3.13. The van der Waals surface area contributed by atoms with Gasteiger partial charge in [0, 0.05) is 10.9 Å². The zero-order valence-corrected chi connectivity index (χ0v) is 16.1. The number of ether oxygens (including phenoxy) is 1. The first-order chi connectivity index (χ1) is 13.8. The van der Waals surface area contributed by atoms with Gasteiger partial charge in [-0.1, -0.05) is 42.5 Å². The highest BCUT2D eigenvalue weighted by molar-refractivity contribution is 7.15. The van der Waals surface area contributed by atoms with Crippen molar-refractivity contribution in [2.45, 2.75) is 13.1 Å². The molecule has 0 saturated heterocycles. The number of hydrogen-bond acceptors (Lipinski definition) is 4. The number of anilines is 1. The van der Waals surface area contributed by atoms with Crippen LogP contribution < -0.4 is 5.32 Å². The van der Waals surface area contributed by atoms with Crippen LogP contribution >= 0.6 is 11.3 Å². The van der Waals surface area contributed by atoms with E-state index in [2.05, 4.69) is 5.32 Å². The van der Waals surface area contributed by atoms with Gasteiger partial charge >= 0.3 is 12.1 Å². The van der Waals surface area contributed by atoms with Gasteiger partial charge in [-0.2, -0.15) is 13.2 Å². The third-order valence-electron chi connectivity index (χ3n) is 4.06. The number of rotatable bonds is 5. The molecule has 4 nitrogen and oxygen atoms in total. The minimum atomic E-state index is -4.68. The molecular formula is C21H16F3NO3S. The Morgan fingerprint density at radius 2 is 1.69 bits per heavy atom. The predicted molar refractivity (Wildman–Crippen MR) is 105 cm³/mol. The van der Waals surface area contributed by atoms with Gasteiger partial charge < -0.3 is 10.1 Å².